The van der Waals surface area contributed by atoms with Gasteiger partial charge in [-0.25, -0.2) is 8.42 Å². The summed E-state index contributed by atoms with van der Waals surface area (Å²) in [5.41, 5.74) is 2.42. The van der Waals surface area contributed by atoms with Crippen LogP contribution < -0.4 is 10.2 Å². The summed E-state index contributed by atoms with van der Waals surface area (Å²) >= 11 is 0. The van der Waals surface area contributed by atoms with Crippen LogP contribution in [0.5, 0.6) is 0 Å². The van der Waals surface area contributed by atoms with Crippen LogP contribution in [0, 0.1) is 0 Å². The highest BCUT2D eigenvalue weighted by Gasteiger charge is 2.24. The van der Waals surface area contributed by atoms with Crippen LogP contribution in [-0.2, 0) is 9.84 Å². The Morgan fingerprint density at radius 1 is 1.15 bits per heavy atom. The van der Waals surface area contributed by atoms with Gasteiger partial charge >= 0.3 is 0 Å². The lowest BCUT2D eigenvalue weighted by molar-refractivity contribution is 0.420. The molecule has 5 heteroatoms. The van der Waals surface area contributed by atoms with Crippen molar-refractivity contribution in [1.29, 1.82) is 0 Å². The molecule has 1 aliphatic heterocycles. The topological polar surface area (TPSA) is 49.4 Å². The Kier molecular flexibility index (Phi) is 4.70. The van der Waals surface area contributed by atoms with Crippen molar-refractivity contribution < 1.29 is 8.42 Å². The van der Waals surface area contributed by atoms with E-state index in [4.69, 9.17) is 0 Å². The van der Waals surface area contributed by atoms with Crippen molar-refractivity contribution >= 4 is 15.5 Å². The van der Waals surface area contributed by atoms with E-state index < -0.39 is 9.84 Å². The Balaban J connectivity index is 1.93. The molecule has 0 spiro atoms. The van der Waals surface area contributed by atoms with Crippen LogP contribution in [0.25, 0.3) is 0 Å². The molecule has 0 aromatic heterocycles. The minimum absolute atomic E-state index is 0.247. The predicted molar refractivity (Wildman–Crippen MR) is 84.0 cm³/mol. The Labute approximate surface area is 122 Å². The van der Waals surface area contributed by atoms with Crippen LogP contribution in [0.4, 0.5) is 5.69 Å². The van der Waals surface area contributed by atoms with Crippen LogP contribution in [0.15, 0.2) is 24.3 Å². The second-order valence-corrected chi connectivity index (χ2v) is 8.10. The summed E-state index contributed by atoms with van der Waals surface area (Å²) in [5, 5.41) is 3.54. The summed E-state index contributed by atoms with van der Waals surface area (Å²) in [6.45, 7) is 2.13. The van der Waals surface area contributed by atoms with Crippen molar-refractivity contribution in [2.24, 2.45) is 0 Å². The lowest BCUT2D eigenvalue weighted by atomic mass is 10.0. The van der Waals surface area contributed by atoms with Gasteiger partial charge in [-0.1, -0.05) is 12.1 Å². The van der Waals surface area contributed by atoms with Crippen LogP contribution in [-0.4, -0.2) is 40.1 Å². The first-order chi connectivity index (χ1) is 9.37. The summed E-state index contributed by atoms with van der Waals surface area (Å²) in [4.78, 5) is 2.08. The number of anilines is 1. The third-order valence-corrected chi connectivity index (χ3v) is 5.67. The summed E-state index contributed by atoms with van der Waals surface area (Å²) in [6, 6.07) is 9.04. The van der Waals surface area contributed by atoms with E-state index in [0.717, 1.165) is 12.8 Å². The average molecular weight is 296 g/mol. The molecule has 1 aliphatic rings. The zero-order chi connectivity index (χ0) is 14.8. The highest BCUT2D eigenvalue weighted by molar-refractivity contribution is 7.91. The number of benzene rings is 1. The molecule has 2 rings (SSSR count). The van der Waals surface area contributed by atoms with E-state index in [-0.39, 0.29) is 6.04 Å². The van der Waals surface area contributed by atoms with Gasteiger partial charge in [0.2, 0.25) is 0 Å². The SMILES string of the molecule is CC(NC1CCS(=O)(=O)CC1)c1ccc(N(C)C)cc1. The number of sulfone groups is 1. The number of rotatable bonds is 4. The van der Waals surface area contributed by atoms with Crippen molar-refractivity contribution in [2.75, 3.05) is 30.5 Å². The first-order valence-corrected chi connectivity index (χ1v) is 8.93. The third-order valence-electron chi connectivity index (χ3n) is 3.95. The van der Waals surface area contributed by atoms with Gasteiger partial charge in [0, 0.05) is 31.9 Å². The van der Waals surface area contributed by atoms with E-state index in [1.54, 1.807) is 0 Å². The Morgan fingerprint density at radius 2 is 1.70 bits per heavy atom. The Bertz CT molecular complexity index is 523. The second-order valence-electron chi connectivity index (χ2n) is 5.80. The molecule has 1 fully saturated rings. The molecule has 1 aromatic carbocycles. The van der Waals surface area contributed by atoms with Gasteiger partial charge in [0.25, 0.3) is 0 Å². The summed E-state index contributed by atoms with van der Waals surface area (Å²) < 4.78 is 22.8. The molecule has 1 atom stereocenters. The van der Waals surface area contributed by atoms with Crippen LogP contribution in [0.3, 0.4) is 0 Å². The molecule has 1 saturated heterocycles. The quantitative estimate of drug-likeness (QED) is 0.923. The lowest BCUT2D eigenvalue weighted by Gasteiger charge is -2.27. The van der Waals surface area contributed by atoms with Gasteiger partial charge in [0.1, 0.15) is 9.84 Å². The maximum Gasteiger partial charge on any atom is 0.150 e. The average Bonchev–Trinajstić information content (AvgIpc) is 2.41. The Morgan fingerprint density at radius 3 is 2.20 bits per heavy atom. The standard InChI is InChI=1S/C15H24N2O2S/c1-12(13-4-6-15(7-5-13)17(2)3)16-14-8-10-20(18,19)11-9-14/h4-7,12,14,16H,8-11H2,1-3H3. The van der Waals surface area contributed by atoms with E-state index in [2.05, 4.69) is 41.4 Å². The van der Waals surface area contributed by atoms with Gasteiger partial charge in [-0.2, -0.15) is 0 Å². The molecule has 4 nitrogen and oxygen atoms in total. The molecule has 0 radical (unpaired) electrons. The van der Waals surface area contributed by atoms with E-state index in [0.29, 0.717) is 17.5 Å². The Hall–Kier alpha value is -1.07. The minimum atomic E-state index is -2.78. The normalized spacial score (nSPS) is 20.6. The van der Waals surface area contributed by atoms with Crippen molar-refractivity contribution in [2.45, 2.75) is 31.8 Å². The van der Waals surface area contributed by atoms with Crippen molar-refractivity contribution in [3.05, 3.63) is 29.8 Å². The minimum Gasteiger partial charge on any atom is -0.378 e. The maximum atomic E-state index is 11.4. The number of hydrogen-bond donors (Lipinski definition) is 1. The van der Waals surface area contributed by atoms with E-state index in [1.807, 2.05) is 14.1 Å². The van der Waals surface area contributed by atoms with Gasteiger partial charge in [-0.15, -0.1) is 0 Å². The first kappa shape index (κ1) is 15.3. The fraction of sp³-hybridized carbons (Fsp3) is 0.600. The second kappa shape index (κ2) is 6.14. The van der Waals surface area contributed by atoms with Crippen LogP contribution in [0.2, 0.25) is 0 Å². The van der Waals surface area contributed by atoms with Gasteiger partial charge in [-0.3, -0.25) is 0 Å². The molecule has 0 saturated carbocycles. The fourth-order valence-corrected chi connectivity index (χ4v) is 4.06. The molecule has 1 N–H and O–H groups in total. The molecule has 112 valence electrons. The summed E-state index contributed by atoms with van der Waals surface area (Å²) in [6.07, 6.45) is 1.45. The van der Waals surface area contributed by atoms with Gasteiger partial charge in [-0.05, 0) is 37.5 Å². The molecule has 1 heterocycles. The fourth-order valence-electron chi connectivity index (χ4n) is 2.57. The number of nitrogens with zero attached hydrogens (tertiary/aromatic N) is 1. The lowest BCUT2D eigenvalue weighted by Crippen LogP contribution is -2.38. The molecule has 1 aromatic rings. The highest BCUT2D eigenvalue weighted by Crippen LogP contribution is 2.20. The van der Waals surface area contributed by atoms with Crippen LogP contribution >= 0.6 is 0 Å². The summed E-state index contributed by atoms with van der Waals surface area (Å²) in [5.74, 6) is 0.633. The number of nitrogens with one attached hydrogen (secondary N) is 1. The molecule has 1 unspecified atom stereocenters. The van der Waals surface area contributed by atoms with Gasteiger partial charge < -0.3 is 10.2 Å². The predicted octanol–water partition coefficient (Wildman–Crippen LogP) is 1.98. The smallest absolute Gasteiger partial charge is 0.150 e. The van der Waals surface area contributed by atoms with Crippen molar-refractivity contribution in [1.82, 2.24) is 5.32 Å². The van der Waals surface area contributed by atoms with Crippen molar-refractivity contribution in [3.63, 3.8) is 0 Å². The van der Waals surface area contributed by atoms with E-state index >= 15 is 0 Å². The summed E-state index contributed by atoms with van der Waals surface area (Å²) in [7, 11) is 1.28. The zero-order valence-electron chi connectivity index (χ0n) is 12.5. The number of hydrogen-bond acceptors (Lipinski definition) is 4. The zero-order valence-corrected chi connectivity index (χ0v) is 13.3. The highest BCUT2D eigenvalue weighted by atomic mass is 32.2. The third kappa shape index (κ3) is 3.96. The van der Waals surface area contributed by atoms with E-state index in [9.17, 15) is 8.42 Å². The van der Waals surface area contributed by atoms with E-state index in [1.165, 1.54) is 11.3 Å². The molecule has 0 bridgehead atoms. The van der Waals surface area contributed by atoms with Gasteiger partial charge in [0.15, 0.2) is 0 Å². The molecule has 0 aliphatic carbocycles. The molecule has 0 amide bonds. The van der Waals surface area contributed by atoms with Gasteiger partial charge in [0.05, 0.1) is 11.5 Å². The first-order valence-electron chi connectivity index (χ1n) is 7.11. The maximum absolute atomic E-state index is 11.4. The molecular formula is C15H24N2O2S. The van der Waals surface area contributed by atoms with Crippen molar-refractivity contribution in [3.8, 4) is 0 Å². The monoisotopic (exact) mass is 296 g/mol. The molecule has 20 heavy (non-hydrogen) atoms. The molecular weight excluding hydrogens is 272 g/mol. The van der Waals surface area contributed by atoms with Crippen LogP contribution in [0.1, 0.15) is 31.4 Å². The largest absolute Gasteiger partial charge is 0.378 e.